The highest BCUT2D eigenvalue weighted by Gasteiger charge is 2.25. The Morgan fingerprint density at radius 3 is 2.29 bits per heavy atom. The lowest BCUT2D eigenvalue weighted by atomic mass is 9.98. The zero-order valence-corrected chi connectivity index (χ0v) is 10.6. The van der Waals surface area contributed by atoms with Gasteiger partial charge in [0.1, 0.15) is 6.04 Å². The Morgan fingerprint density at radius 1 is 1.24 bits per heavy atom. The maximum atomic E-state index is 12.0. The van der Waals surface area contributed by atoms with Gasteiger partial charge in [0, 0.05) is 5.92 Å². The van der Waals surface area contributed by atoms with E-state index in [-0.39, 0.29) is 11.8 Å². The second-order valence-corrected chi connectivity index (χ2v) is 4.88. The van der Waals surface area contributed by atoms with Crippen molar-refractivity contribution in [3.8, 4) is 0 Å². The van der Waals surface area contributed by atoms with Crippen LogP contribution in [0.15, 0.2) is 0 Å². The van der Waals surface area contributed by atoms with Gasteiger partial charge in [-0.2, -0.15) is 0 Å². The molecule has 0 spiro atoms. The third-order valence-corrected chi connectivity index (χ3v) is 3.42. The molecule has 0 aromatic heterocycles. The molecule has 1 rings (SSSR count). The number of amides is 1. The van der Waals surface area contributed by atoms with Gasteiger partial charge in [-0.15, -0.1) is 0 Å². The second kappa shape index (κ2) is 7.30. The molecule has 0 aromatic rings. The second-order valence-electron chi connectivity index (χ2n) is 4.88. The van der Waals surface area contributed by atoms with E-state index in [1.54, 1.807) is 0 Å². The molecule has 17 heavy (non-hydrogen) atoms. The van der Waals surface area contributed by atoms with E-state index in [1.807, 2.05) is 6.92 Å². The summed E-state index contributed by atoms with van der Waals surface area (Å²) in [7, 11) is 0. The normalized spacial score (nSPS) is 19.4. The third-order valence-electron chi connectivity index (χ3n) is 3.42. The van der Waals surface area contributed by atoms with Gasteiger partial charge in [-0.25, -0.2) is 4.79 Å². The van der Waals surface area contributed by atoms with E-state index in [9.17, 15) is 9.59 Å². The molecule has 0 aromatic carbocycles. The van der Waals surface area contributed by atoms with E-state index < -0.39 is 12.0 Å². The van der Waals surface area contributed by atoms with Crippen LogP contribution in [0, 0.1) is 5.92 Å². The molecule has 1 saturated carbocycles. The zero-order valence-electron chi connectivity index (χ0n) is 10.6. The number of carbonyl (C=O) groups excluding carboxylic acids is 1. The molecule has 0 bridgehead atoms. The van der Waals surface area contributed by atoms with Gasteiger partial charge < -0.3 is 10.4 Å². The summed E-state index contributed by atoms with van der Waals surface area (Å²) in [6.45, 7) is 1.92. The topological polar surface area (TPSA) is 66.4 Å². The summed E-state index contributed by atoms with van der Waals surface area (Å²) in [6, 6.07) is -0.712. The molecule has 1 atom stereocenters. The predicted octanol–water partition coefficient (Wildman–Crippen LogP) is 2.33. The first-order valence-corrected chi connectivity index (χ1v) is 6.68. The van der Waals surface area contributed by atoms with Gasteiger partial charge in [-0.1, -0.05) is 39.0 Å². The largest absolute Gasteiger partial charge is 0.480 e. The van der Waals surface area contributed by atoms with Crippen molar-refractivity contribution in [2.24, 2.45) is 5.92 Å². The van der Waals surface area contributed by atoms with Crippen LogP contribution >= 0.6 is 0 Å². The molecule has 1 aliphatic carbocycles. The maximum absolute atomic E-state index is 12.0. The predicted molar refractivity (Wildman–Crippen MR) is 65.7 cm³/mol. The van der Waals surface area contributed by atoms with Gasteiger partial charge in [0.05, 0.1) is 0 Å². The molecule has 1 aliphatic rings. The van der Waals surface area contributed by atoms with Crippen LogP contribution in [-0.4, -0.2) is 23.0 Å². The van der Waals surface area contributed by atoms with Crippen LogP contribution < -0.4 is 5.32 Å². The maximum Gasteiger partial charge on any atom is 0.326 e. The lowest BCUT2D eigenvalue weighted by Gasteiger charge is -2.18. The Balaban J connectivity index is 2.47. The van der Waals surface area contributed by atoms with Crippen molar-refractivity contribution >= 4 is 11.9 Å². The summed E-state index contributed by atoms with van der Waals surface area (Å²) in [5.41, 5.74) is 0. The van der Waals surface area contributed by atoms with E-state index in [0.29, 0.717) is 6.42 Å². The number of hydrogen-bond acceptors (Lipinski definition) is 2. The minimum absolute atomic E-state index is 0.0243. The number of hydrogen-bond donors (Lipinski definition) is 2. The summed E-state index contributed by atoms with van der Waals surface area (Å²) in [5, 5.41) is 11.7. The summed E-state index contributed by atoms with van der Waals surface area (Å²) >= 11 is 0. The van der Waals surface area contributed by atoms with Crippen LogP contribution in [0.4, 0.5) is 0 Å². The molecule has 0 saturated heterocycles. The number of aliphatic carboxylic acids is 1. The first-order chi connectivity index (χ1) is 8.15. The molecule has 0 radical (unpaired) electrons. The van der Waals surface area contributed by atoms with E-state index >= 15 is 0 Å². The van der Waals surface area contributed by atoms with Crippen molar-refractivity contribution in [2.45, 2.75) is 64.3 Å². The Morgan fingerprint density at radius 2 is 1.82 bits per heavy atom. The van der Waals surface area contributed by atoms with Gasteiger partial charge in [-0.3, -0.25) is 4.79 Å². The van der Waals surface area contributed by atoms with Crippen molar-refractivity contribution in [2.75, 3.05) is 0 Å². The van der Waals surface area contributed by atoms with Crippen molar-refractivity contribution in [1.82, 2.24) is 5.32 Å². The highest BCUT2D eigenvalue weighted by atomic mass is 16.4. The van der Waals surface area contributed by atoms with Gasteiger partial charge >= 0.3 is 5.97 Å². The molecule has 0 heterocycles. The lowest BCUT2D eigenvalue weighted by molar-refractivity contribution is -0.142. The number of rotatable bonds is 5. The Kier molecular flexibility index (Phi) is 6.01. The van der Waals surface area contributed by atoms with Crippen molar-refractivity contribution in [3.63, 3.8) is 0 Å². The average Bonchev–Trinajstić information content (AvgIpc) is 2.56. The quantitative estimate of drug-likeness (QED) is 0.726. The fourth-order valence-corrected chi connectivity index (χ4v) is 2.38. The molecule has 4 heteroatoms. The van der Waals surface area contributed by atoms with Crippen LogP contribution in [0.2, 0.25) is 0 Å². The molecular formula is C13H23NO3. The minimum Gasteiger partial charge on any atom is -0.480 e. The van der Waals surface area contributed by atoms with Crippen molar-refractivity contribution in [1.29, 1.82) is 0 Å². The Bertz CT molecular complexity index is 257. The summed E-state index contributed by atoms with van der Waals surface area (Å²) < 4.78 is 0. The number of carboxylic acids is 1. The fourth-order valence-electron chi connectivity index (χ4n) is 2.38. The third kappa shape index (κ3) is 4.75. The molecule has 1 unspecified atom stereocenters. The Labute approximate surface area is 103 Å². The highest BCUT2D eigenvalue weighted by molar-refractivity contribution is 5.84. The molecule has 0 aliphatic heterocycles. The van der Waals surface area contributed by atoms with Crippen molar-refractivity contribution < 1.29 is 14.7 Å². The number of carboxylic acid groups (broad SMARTS) is 1. The number of carbonyl (C=O) groups is 2. The number of nitrogens with one attached hydrogen (secondary N) is 1. The molecule has 1 fully saturated rings. The summed E-state index contributed by atoms with van der Waals surface area (Å²) in [4.78, 5) is 22.9. The monoisotopic (exact) mass is 241 g/mol. The standard InChI is InChI=1S/C13H23NO3/c1-2-7-11(13(16)17)14-12(15)10-8-5-3-4-6-9-10/h10-11H,2-9H2,1H3,(H,14,15)(H,16,17). The van der Waals surface area contributed by atoms with E-state index in [4.69, 9.17) is 5.11 Å². The minimum atomic E-state index is -0.922. The highest BCUT2D eigenvalue weighted by Crippen LogP contribution is 2.23. The molecule has 98 valence electrons. The summed E-state index contributed by atoms with van der Waals surface area (Å²) in [5.74, 6) is -0.960. The fraction of sp³-hybridized carbons (Fsp3) is 0.846. The molecule has 4 nitrogen and oxygen atoms in total. The van der Waals surface area contributed by atoms with Crippen LogP contribution in [-0.2, 0) is 9.59 Å². The van der Waals surface area contributed by atoms with Crippen LogP contribution in [0.3, 0.4) is 0 Å². The van der Waals surface area contributed by atoms with Crippen LogP contribution in [0.1, 0.15) is 58.3 Å². The van der Waals surface area contributed by atoms with Gasteiger partial charge in [-0.05, 0) is 19.3 Å². The van der Waals surface area contributed by atoms with Gasteiger partial charge in [0.25, 0.3) is 0 Å². The van der Waals surface area contributed by atoms with Crippen LogP contribution in [0.25, 0.3) is 0 Å². The smallest absolute Gasteiger partial charge is 0.326 e. The average molecular weight is 241 g/mol. The molecule has 2 N–H and O–H groups in total. The van der Waals surface area contributed by atoms with Crippen LogP contribution in [0.5, 0.6) is 0 Å². The Hall–Kier alpha value is -1.06. The van der Waals surface area contributed by atoms with E-state index in [1.165, 1.54) is 12.8 Å². The van der Waals surface area contributed by atoms with Crippen molar-refractivity contribution in [3.05, 3.63) is 0 Å². The SMILES string of the molecule is CCCC(NC(=O)C1CCCCCC1)C(=O)O. The molecule has 1 amide bonds. The van der Waals surface area contributed by atoms with Gasteiger partial charge in [0.2, 0.25) is 5.91 Å². The lowest BCUT2D eigenvalue weighted by Crippen LogP contribution is -2.43. The van der Waals surface area contributed by atoms with Gasteiger partial charge in [0.15, 0.2) is 0 Å². The van der Waals surface area contributed by atoms with E-state index in [0.717, 1.165) is 32.1 Å². The van der Waals surface area contributed by atoms with E-state index in [2.05, 4.69) is 5.32 Å². The zero-order chi connectivity index (χ0) is 12.7. The first-order valence-electron chi connectivity index (χ1n) is 6.68. The first kappa shape index (κ1) is 14.0. The summed E-state index contributed by atoms with van der Waals surface area (Å²) in [6.07, 6.45) is 7.65. The molecular weight excluding hydrogens is 218 g/mol.